The number of hydrogen-bond donors (Lipinski definition) is 1. The van der Waals surface area contributed by atoms with Crippen LogP contribution in [0.3, 0.4) is 0 Å². The highest BCUT2D eigenvalue weighted by Crippen LogP contribution is 2.33. The van der Waals surface area contributed by atoms with E-state index in [4.69, 9.17) is 24.0 Å². The molecule has 2 rings (SSSR count). The van der Waals surface area contributed by atoms with Crippen molar-refractivity contribution in [3.05, 3.63) is 36.1 Å². The van der Waals surface area contributed by atoms with Gasteiger partial charge < -0.3 is 18.6 Å². The summed E-state index contributed by atoms with van der Waals surface area (Å²) in [6.07, 6.45) is 0. The quantitative estimate of drug-likeness (QED) is 0.671. The van der Waals surface area contributed by atoms with Gasteiger partial charge in [0.05, 0.1) is 20.8 Å². The Morgan fingerprint density at radius 3 is 2.50 bits per heavy atom. The fraction of sp³-hybridized carbons (Fsp3) is 0.267. The minimum absolute atomic E-state index is 0.0271. The van der Waals surface area contributed by atoms with Crippen LogP contribution >= 0.6 is 0 Å². The maximum Gasteiger partial charge on any atom is 0.250 e. The van der Waals surface area contributed by atoms with E-state index in [0.29, 0.717) is 29.6 Å². The summed E-state index contributed by atoms with van der Waals surface area (Å²) in [6, 6.07) is 9.01. The van der Waals surface area contributed by atoms with Crippen molar-refractivity contribution in [1.29, 1.82) is 5.41 Å². The van der Waals surface area contributed by atoms with Crippen molar-refractivity contribution >= 4 is 5.90 Å². The Kier molecular flexibility index (Phi) is 4.30. The first-order valence-electron chi connectivity index (χ1n) is 6.23. The molecule has 2 aromatic rings. The van der Waals surface area contributed by atoms with Crippen molar-refractivity contribution in [3.63, 3.8) is 0 Å². The standard InChI is InChI=1S/C15H17NO4/c1-4-19-15(16)13-8-7-11(20-13)10-5-6-12(17-2)14(9-10)18-3/h5-9,16H,4H2,1-3H3. The number of ether oxygens (including phenoxy) is 3. The van der Waals surface area contributed by atoms with E-state index in [1.807, 2.05) is 25.1 Å². The zero-order chi connectivity index (χ0) is 14.5. The summed E-state index contributed by atoms with van der Waals surface area (Å²) >= 11 is 0. The van der Waals surface area contributed by atoms with Crippen LogP contribution in [0, 0.1) is 5.41 Å². The van der Waals surface area contributed by atoms with Crippen molar-refractivity contribution in [2.45, 2.75) is 6.92 Å². The number of benzene rings is 1. The normalized spacial score (nSPS) is 10.2. The molecule has 1 aromatic heterocycles. The maximum absolute atomic E-state index is 7.69. The number of furan rings is 1. The van der Waals surface area contributed by atoms with Crippen LogP contribution in [0.15, 0.2) is 34.7 Å². The van der Waals surface area contributed by atoms with Crippen LogP contribution in [0.5, 0.6) is 11.5 Å². The van der Waals surface area contributed by atoms with Gasteiger partial charge in [-0.3, -0.25) is 5.41 Å². The van der Waals surface area contributed by atoms with E-state index in [9.17, 15) is 0 Å². The highest BCUT2D eigenvalue weighted by molar-refractivity contribution is 5.89. The molecule has 0 unspecified atom stereocenters. The Morgan fingerprint density at radius 1 is 1.10 bits per heavy atom. The van der Waals surface area contributed by atoms with E-state index in [1.54, 1.807) is 26.4 Å². The van der Waals surface area contributed by atoms with Crippen molar-refractivity contribution < 1.29 is 18.6 Å². The van der Waals surface area contributed by atoms with Gasteiger partial charge in [0.1, 0.15) is 5.76 Å². The predicted octanol–water partition coefficient (Wildman–Crippen LogP) is 3.33. The van der Waals surface area contributed by atoms with Gasteiger partial charge in [-0.15, -0.1) is 0 Å². The van der Waals surface area contributed by atoms with E-state index in [2.05, 4.69) is 0 Å². The molecular weight excluding hydrogens is 258 g/mol. The summed E-state index contributed by atoms with van der Waals surface area (Å²) < 4.78 is 21.2. The molecule has 106 valence electrons. The van der Waals surface area contributed by atoms with Gasteiger partial charge in [-0.05, 0) is 37.3 Å². The second-order valence-electron chi connectivity index (χ2n) is 4.00. The van der Waals surface area contributed by atoms with E-state index >= 15 is 0 Å². The Bertz CT molecular complexity index is 604. The zero-order valence-corrected chi connectivity index (χ0v) is 11.7. The largest absolute Gasteiger partial charge is 0.493 e. The smallest absolute Gasteiger partial charge is 0.250 e. The van der Waals surface area contributed by atoms with E-state index in [-0.39, 0.29) is 5.90 Å². The third-order valence-corrected chi connectivity index (χ3v) is 2.79. The van der Waals surface area contributed by atoms with E-state index in [0.717, 1.165) is 5.56 Å². The first kappa shape index (κ1) is 14.0. The fourth-order valence-electron chi connectivity index (χ4n) is 1.82. The summed E-state index contributed by atoms with van der Waals surface area (Å²) in [4.78, 5) is 0. The van der Waals surface area contributed by atoms with Crippen LogP contribution in [-0.4, -0.2) is 26.7 Å². The molecule has 0 bridgehead atoms. The molecule has 20 heavy (non-hydrogen) atoms. The number of nitrogens with one attached hydrogen (secondary N) is 1. The van der Waals surface area contributed by atoms with Crippen molar-refractivity contribution in [3.8, 4) is 22.8 Å². The average molecular weight is 275 g/mol. The Labute approximate surface area is 117 Å². The molecule has 1 N–H and O–H groups in total. The van der Waals surface area contributed by atoms with Gasteiger partial charge in [0.15, 0.2) is 17.3 Å². The Balaban J connectivity index is 2.30. The lowest BCUT2D eigenvalue weighted by Gasteiger charge is -2.08. The van der Waals surface area contributed by atoms with Crippen LogP contribution in [0.2, 0.25) is 0 Å². The third-order valence-electron chi connectivity index (χ3n) is 2.79. The van der Waals surface area contributed by atoms with Gasteiger partial charge in [0.2, 0.25) is 5.90 Å². The van der Waals surface area contributed by atoms with E-state index < -0.39 is 0 Å². The second kappa shape index (κ2) is 6.14. The molecule has 0 spiro atoms. The van der Waals surface area contributed by atoms with Gasteiger partial charge in [0, 0.05) is 5.56 Å². The first-order chi connectivity index (χ1) is 9.69. The maximum atomic E-state index is 7.69. The molecule has 0 radical (unpaired) electrons. The van der Waals surface area contributed by atoms with Crippen molar-refractivity contribution in [1.82, 2.24) is 0 Å². The van der Waals surface area contributed by atoms with Crippen molar-refractivity contribution in [2.75, 3.05) is 20.8 Å². The zero-order valence-electron chi connectivity index (χ0n) is 11.7. The Hall–Kier alpha value is -2.43. The molecule has 1 heterocycles. The lowest BCUT2D eigenvalue weighted by Crippen LogP contribution is -2.02. The summed E-state index contributed by atoms with van der Waals surface area (Å²) in [5.74, 6) is 2.36. The lowest BCUT2D eigenvalue weighted by atomic mass is 10.1. The number of methoxy groups -OCH3 is 2. The molecule has 0 aliphatic rings. The first-order valence-corrected chi connectivity index (χ1v) is 6.23. The number of hydrogen-bond acceptors (Lipinski definition) is 5. The number of rotatable bonds is 5. The van der Waals surface area contributed by atoms with Crippen LogP contribution in [0.1, 0.15) is 12.7 Å². The fourth-order valence-corrected chi connectivity index (χ4v) is 1.82. The monoisotopic (exact) mass is 275 g/mol. The highest BCUT2D eigenvalue weighted by atomic mass is 16.5. The summed E-state index contributed by atoms with van der Waals surface area (Å²) in [5, 5.41) is 7.69. The molecule has 0 saturated heterocycles. The molecular formula is C15H17NO4. The van der Waals surface area contributed by atoms with Gasteiger partial charge in [-0.1, -0.05) is 0 Å². The SMILES string of the molecule is CCOC(=N)c1ccc(-c2ccc(OC)c(OC)c2)o1. The van der Waals surface area contributed by atoms with Crippen LogP contribution in [-0.2, 0) is 4.74 Å². The summed E-state index contributed by atoms with van der Waals surface area (Å²) in [7, 11) is 3.17. The third kappa shape index (κ3) is 2.77. The molecule has 1 aromatic carbocycles. The molecule has 0 aliphatic heterocycles. The highest BCUT2D eigenvalue weighted by Gasteiger charge is 2.12. The summed E-state index contributed by atoms with van der Waals surface area (Å²) in [6.45, 7) is 2.26. The van der Waals surface area contributed by atoms with E-state index in [1.165, 1.54) is 0 Å². The lowest BCUT2D eigenvalue weighted by molar-refractivity contribution is 0.316. The van der Waals surface area contributed by atoms with Crippen LogP contribution < -0.4 is 9.47 Å². The predicted molar refractivity (Wildman–Crippen MR) is 75.7 cm³/mol. The summed E-state index contributed by atoms with van der Waals surface area (Å²) in [5.41, 5.74) is 0.846. The topological polar surface area (TPSA) is 64.7 Å². The van der Waals surface area contributed by atoms with Crippen molar-refractivity contribution in [2.24, 2.45) is 0 Å². The minimum Gasteiger partial charge on any atom is -0.493 e. The molecule has 5 nitrogen and oxygen atoms in total. The van der Waals surface area contributed by atoms with Crippen LogP contribution in [0.25, 0.3) is 11.3 Å². The van der Waals surface area contributed by atoms with Gasteiger partial charge in [0.25, 0.3) is 0 Å². The Morgan fingerprint density at radius 2 is 1.85 bits per heavy atom. The van der Waals surface area contributed by atoms with Gasteiger partial charge in [-0.2, -0.15) is 0 Å². The van der Waals surface area contributed by atoms with Crippen LogP contribution in [0.4, 0.5) is 0 Å². The minimum atomic E-state index is 0.0271. The van der Waals surface area contributed by atoms with Gasteiger partial charge >= 0.3 is 0 Å². The second-order valence-corrected chi connectivity index (χ2v) is 4.00. The molecule has 5 heteroatoms. The van der Waals surface area contributed by atoms with Gasteiger partial charge in [-0.25, -0.2) is 0 Å². The average Bonchev–Trinajstić information content (AvgIpc) is 2.96. The molecule has 0 fully saturated rings. The molecule has 0 amide bonds. The molecule has 0 saturated carbocycles. The molecule has 0 aliphatic carbocycles. The molecule has 0 atom stereocenters.